The van der Waals surface area contributed by atoms with Crippen LogP contribution in [0.2, 0.25) is 0 Å². The highest BCUT2D eigenvalue weighted by Gasteiger charge is 2.42. The number of hydrazine groups is 1. The molecule has 2 saturated heterocycles. The molecule has 3 fully saturated rings. The first-order valence-electron chi connectivity index (χ1n) is 11.0. The largest absolute Gasteiger partial charge is 0.383 e. The fourth-order valence-corrected chi connectivity index (χ4v) is 4.86. The zero-order valence-corrected chi connectivity index (χ0v) is 18.2. The highest BCUT2D eigenvalue weighted by atomic mass is 16.5. The average Bonchev–Trinajstić information content (AvgIpc) is 3.16. The molecule has 9 heteroatoms. The lowest BCUT2D eigenvalue weighted by atomic mass is 9.79. The lowest BCUT2D eigenvalue weighted by Gasteiger charge is -2.35. The van der Waals surface area contributed by atoms with Crippen molar-refractivity contribution in [3.05, 3.63) is 18.1 Å². The standard InChI is InChI=1S/C21H34N6O3/c1-14(2)30-15-4-5-17-16(10-15)21(25-24-17)18-11-19(23-13-22-18)27-7-6-26(8-9-29-3)20(28)12-27/h11,13-17,21,24-25H,4-10,12H2,1-3H3. The number of amides is 1. The topological polar surface area (TPSA) is 91.8 Å². The number of ether oxygens (including phenoxy) is 2. The SMILES string of the molecule is COCCN1CCN(c2cc(C3NNC4CCC(OC(C)C)CC43)ncn2)CC1=O. The van der Waals surface area contributed by atoms with E-state index in [0.29, 0.717) is 44.3 Å². The smallest absolute Gasteiger partial charge is 0.242 e. The fourth-order valence-electron chi connectivity index (χ4n) is 4.86. The van der Waals surface area contributed by atoms with Crippen molar-refractivity contribution in [3.63, 3.8) is 0 Å². The molecule has 2 N–H and O–H groups in total. The molecule has 1 aromatic heterocycles. The van der Waals surface area contributed by atoms with Crippen LogP contribution < -0.4 is 15.8 Å². The van der Waals surface area contributed by atoms with Gasteiger partial charge in [0.05, 0.1) is 37.1 Å². The predicted molar refractivity (Wildman–Crippen MR) is 113 cm³/mol. The van der Waals surface area contributed by atoms with Gasteiger partial charge >= 0.3 is 0 Å². The maximum absolute atomic E-state index is 12.5. The van der Waals surface area contributed by atoms with Crippen molar-refractivity contribution in [1.29, 1.82) is 0 Å². The Morgan fingerprint density at radius 2 is 2.10 bits per heavy atom. The summed E-state index contributed by atoms with van der Waals surface area (Å²) in [6, 6.07) is 2.59. The van der Waals surface area contributed by atoms with Gasteiger partial charge in [-0.2, -0.15) is 0 Å². The summed E-state index contributed by atoms with van der Waals surface area (Å²) < 4.78 is 11.2. The third-order valence-corrected chi connectivity index (χ3v) is 6.37. The number of carbonyl (C=O) groups is 1. The van der Waals surface area contributed by atoms with Gasteiger partial charge in [0.1, 0.15) is 12.1 Å². The molecule has 2 aliphatic heterocycles. The third-order valence-electron chi connectivity index (χ3n) is 6.37. The number of nitrogens with zero attached hydrogens (tertiary/aromatic N) is 4. The van der Waals surface area contributed by atoms with Crippen molar-refractivity contribution < 1.29 is 14.3 Å². The van der Waals surface area contributed by atoms with Gasteiger partial charge in [-0.25, -0.2) is 15.4 Å². The molecular weight excluding hydrogens is 384 g/mol. The van der Waals surface area contributed by atoms with Crippen molar-refractivity contribution in [2.24, 2.45) is 5.92 Å². The van der Waals surface area contributed by atoms with E-state index in [1.165, 1.54) is 0 Å². The van der Waals surface area contributed by atoms with Crippen molar-refractivity contribution in [3.8, 4) is 0 Å². The second-order valence-electron chi connectivity index (χ2n) is 8.75. The predicted octanol–water partition coefficient (Wildman–Crippen LogP) is 0.883. The minimum Gasteiger partial charge on any atom is -0.383 e. The van der Waals surface area contributed by atoms with Crippen LogP contribution in [0.15, 0.2) is 12.4 Å². The van der Waals surface area contributed by atoms with Gasteiger partial charge < -0.3 is 19.3 Å². The van der Waals surface area contributed by atoms with E-state index in [9.17, 15) is 4.79 Å². The van der Waals surface area contributed by atoms with Crippen LogP contribution in [0.1, 0.15) is 44.8 Å². The third kappa shape index (κ3) is 4.74. The molecule has 0 spiro atoms. The van der Waals surface area contributed by atoms with Crippen LogP contribution in [0, 0.1) is 5.92 Å². The summed E-state index contributed by atoms with van der Waals surface area (Å²) >= 11 is 0. The second-order valence-corrected chi connectivity index (χ2v) is 8.75. The lowest BCUT2D eigenvalue weighted by Crippen LogP contribution is -2.51. The van der Waals surface area contributed by atoms with E-state index in [0.717, 1.165) is 37.3 Å². The van der Waals surface area contributed by atoms with Crippen LogP contribution in [-0.2, 0) is 14.3 Å². The van der Waals surface area contributed by atoms with E-state index in [4.69, 9.17) is 9.47 Å². The lowest BCUT2D eigenvalue weighted by molar-refractivity contribution is -0.131. The molecule has 4 atom stereocenters. The number of hydrogen-bond donors (Lipinski definition) is 2. The minimum absolute atomic E-state index is 0.111. The summed E-state index contributed by atoms with van der Waals surface area (Å²) in [5.74, 6) is 1.36. The Morgan fingerprint density at radius 1 is 1.23 bits per heavy atom. The van der Waals surface area contributed by atoms with E-state index in [1.54, 1.807) is 13.4 Å². The molecule has 1 aromatic rings. The molecule has 166 valence electrons. The number of rotatable bonds is 7. The Morgan fingerprint density at radius 3 is 2.87 bits per heavy atom. The number of aromatic nitrogens is 2. The first kappa shape index (κ1) is 21.4. The Balaban J connectivity index is 1.43. The molecular formula is C21H34N6O3. The summed E-state index contributed by atoms with van der Waals surface area (Å²) in [6.45, 7) is 7.19. The summed E-state index contributed by atoms with van der Waals surface area (Å²) in [5, 5.41) is 0. The number of carbonyl (C=O) groups excluding carboxylic acids is 1. The number of nitrogens with one attached hydrogen (secondary N) is 2. The molecule has 1 saturated carbocycles. The second kappa shape index (κ2) is 9.55. The molecule has 4 unspecified atom stereocenters. The van der Waals surface area contributed by atoms with Gasteiger partial charge in [0.25, 0.3) is 0 Å². The Hall–Kier alpha value is -1.81. The molecule has 1 amide bonds. The summed E-state index contributed by atoms with van der Waals surface area (Å²) in [4.78, 5) is 25.4. The van der Waals surface area contributed by atoms with Gasteiger partial charge in [-0.15, -0.1) is 0 Å². The van der Waals surface area contributed by atoms with Crippen molar-refractivity contribution in [2.75, 3.05) is 44.8 Å². The zero-order valence-electron chi connectivity index (χ0n) is 18.2. The minimum atomic E-state index is 0.111. The molecule has 0 aromatic carbocycles. The number of hydrogen-bond acceptors (Lipinski definition) is 8. The Kier molecular flexibility index (Phi) is 6.82. The molecule has 0 bridgehead atoms. The molecule has 4 rings (SSSR count). The van der Waals surface area contributed by atoms with Crippen LogP contribution in [0.3, 0.4) is 0 Å². The van der Waals surface area contributed by atoms with E-state index >= 15 is 0 Å². The number of fused-ring (bicyclic) bond motifs is 1. The monoisotopic (exact) mass is 418 g/mol. The maximum atomic E-state index is 12.5. The van der Waals surface area contributed by atoms with E-state index < -0.39 is 0 Å². The summed E-state index contributed by atoms with van der Waals surface area (Å²) in [5.41, 5.74) is 7.89. The molecule has 9 nitrogen and oxygen atoms in total. The average molecular weight is 419 g/mol. The van der Waals surface area contributed by atoms with E-state index in [1.807, 2.05) is 15.9 Å². The van der Waals surface area contributed by atoms with E-state index in [2.05, 4.69) is 34.7 Å². The van der Waals surface area contributed by atoms with Gasteiger partial charge in [0, 0.05) is 44.8 Å². The van der Waals surface area contributed by atoms with Crippen molar-refractivity contribution in [2.45, 2.75) is 57.4 Å². The molecule has 30 heavy (non-hydrogen) atoms. The van der Waals surface area contributed by atoms with Gasteiger partial charge in [-0.05, 0) is 33.1 Å². The highest BCUT2D eigenvalue weighted by molar-refractivity contribution is 5.82. The number of piperazine rings is 1. The van der Waals surface area contributed by atoms with Crippen LogP contribution in [0.5, 0.6) is 0 Å². The molecule has 3 aliphatic rings. The van der Waals surface area contributed by atoms with Gasteiger partial charge in [-0.3, -0.25) is 10.2 Å². The van der Waals surface area contributed by atoms with Gasteiger partial charge in [-0.1, -0.05) is 0 Å². The summed E-state index contributed by atoms with van der Waals surface area (Å²) in [7, 11) is 1.66. The molecule has 1 aliphatic carbocycles. The first-order valence-corrected chi connectivity index (χ1v) is 11.0. The van der Waals surface area contributed by atoms with Crippen LogP contribution in [-0.4, -0.2) is 78.9 Å². The van der Waals surface area contributed by atoms with Gasteiger partial charge in [0.2, 0.25) is 5.91 Å². The first-order chi connectivity index (χ1) is 14.5. The highest BCUT2D eigenvalue weighted by Crippen LogP contribution is 2.39. The van der Waals surface area contributed by atoms with E-state index in [-0.39, 0.29) is 18.1 Å². The maximum Gasteiger partial charge on any atom is 0.242 e. The van der Waals surface area contributed by atoms with Crippen LogP contribution >= 0.6 is 0 Å². The fraction of sp³-hybridized carbons (Fsp3) is 0.762. The number of methoxy groups -OCH3 is 1. The summed E-state index contributed by atoms with van der Waals surface area (Å²) in [6.07, 6.45) is 5.37. The Bertz CT molecular complexity index is 732. The van der Waals surface area contributed by atoms with Crippen LogP contribution in [0.25, 0.3) is 0 Å². The Labute approximate surface area is 178 Å². The molecule has 3 heterocycles. The quantitative estimate of drug-likeness (QED) is 0.674. The normalized spacial score (nSPS) is 29.5. The van der Waals surface area contributed by atoms with Crippen molar-refractivity contribution >= 4 is 11.7 Å². The molecule has 0 radical (unpaired) electrons. The van der Waals surface area contributed by atoms with Crippen molar-refractivity contribution in [1.82, 2.24) is 25.7 Å². The zero-order chi connectivity index (χ0) is 21.1. The number of anilines is 1. The van der Waals surface area contributed by atoms with Crippen LogP contribution in [0.4, 0.5) is 5.82 Å². The van der Waals surface area contributed by atoms with Gasteiger partial charge in [0.15, 0.2) is 0 Å².